The van der Waals surface area contributed by atoms with Crippen molar-refractivity contribution >= 4 is 5.78 Å². The van der Waals surface area contributed by atoms with Gasteiger partial charge in [-0.2, -0.15) is 0 Å². The third kappa shape index (κ3) is 2.25. The molecule has 0 spiro atoms. The molecular weight excluding hydrogens is 204 g/mol. The minimum absolute atomic E-state index is 0.133. The van der Waals surface area contributed by atoms with Crippen molar-refractivity contribution < 1.29 is 14.6 Å². The van der Waals surface area contributed by atoms with Crippen molar-refractivity contribution in [2.75, 3.05) is 13.2 Å². The third-order valence-electron chi connectivity index (χ3n) is 2.82. The molecule has 0 fully saturated rings. The van der Waals surface area contributed by atoms with Crippen molar-refractivity contribution in [1.82, 2.24) is 0 Å². The fraction of sp³-hybridized carbons (Fsp3) is 0.462. The van der Waals surface area contributed by atoms with Gasteiger partial charge in [0.1, 0.15) is 5.75 Å². The fourth-order valence-electron chi connectivity index (χ4n) is 2.03. The van der Waals surface area contributed by atoms with Crippen LogP contribution in [0, 0.1) is 0 Å². The van der Waals surface area contributed by atoms with Crippen molar-refractivity contribution in [2.24, 2.45) is 0 Å². The van der Waals surface area contributed by atoms with Crippen LogP contribution in [0.25, 0.3) is 0 Å². The molecule has 1 aromatic carbocycles. The first-order valence-electron chi connectivity index (χ1n) is 5.71. The molecule has 0 bridgehead atoms. The van der Waals surface area contributed by atoms with E-state index in [1.807, 2.05) is 18.2 Å². The van der Waals surface area contributed by atoms with Crippen LogP contribution in [-0.2, 0) is 6.42 Å². The van der Waals surface area contributed by atoms with Crippen LogP contribution in [0.5, 0.6) is 5.75 Å². The summed E-state index contributed by atoms with van der Waals surface area (Å²) >= 11 is 0. The minimum atomic E-state index is 0.133. The number of hydrogen-bond acceptors (Lipinski definition) is 3. The second kappa shape index (κ2) is 5.12. The Morgan fingerprint density at radius 2 is 2.19 bits per heavy atom. The highest BCUT2D eigenvalue weighted by Crippen LogP contribution is 2.29. The number of rotatable bonds is 4. The molecule has 86 valence electrons. The maximum Gasteiger partial charge on any atom is 0.163 e. The molecule has 16 heavy (non-hydrogen) atoms. The van der Waals surface area contributed by atoms with Gasteiger partial charge in [0, 0.05) is 30.6 Å². The number of hydrogen-bond donors (Lipinski definition) is 1. The highest BCUT2D eigenvalue weighted by atomic mass is 16.5. The summed E-state index contributed by atoms with van der Waals surface area (Å²) in [4.78, 5) is 11.7. The maximum absolute atomic E-state index is 11.7. The number of aliphatic hydroxyl groups is 1. The quantitative estimate of drug-likeness (QED) is 0.789. The zero-order valence-corrected chi connectivity index (χ0v) is 9.24. The van der Waals surface area contributed by atoms with Gasteiger partial charge in [0.25, 0.3) is 0 Å². The minimum Gasteiger partial charge on any atom is -0.493 e. The lowest BCUT2D eigenvalue weighted by Crippen LogP contribution is -2.12. The van der Waals surface area contributed by atoms with E-state index in [4.69, 9.17) is 9.84 Å². The van der Waals surface area contributed by atoms with E-state index < -0.39 is 0 Å². The lowest BCUT2D eigenvalue weighted by molar-refractivity contribution is 0.0971. The summed E-state index contributed by atoms with van der Waals surface area (Å²) < 4.78 is 5.58. The standard InChI is InChI=1S/C13H16O3/c14-8-3-9-16-13-7-2-4-10-11(13)5-1-6-12(10)15/h2,4,7,14H,1,3,5-6,8-9H2. The molecule has 0 amide bonds. The molecule has 0 aromatic heterocycles. The van der Waals surface area contributed by atoms with Gasteiger partial charge in [-0.3, -0.25) is 4.79 Å². The predicted octanol–water partition coefficient (Wildman–Crippen LogP) is 1.97. The fourth-order valence-corrected chi connectivity index (χ4v) is 2.03. The summed E-state index contributed by atoms with van der Waals surface area (Å²) in [7, 11) is 0. The van der Waals surface area contributed by atoms with Gasteiger partial charge in [-0.25, -0.2) is 0 Å². The Morgan fingerprint density at radius 3 is 3.00 bits per heavy atom. The highest BCUT2D eigenvalue weighted by molar-refractivity contribution is 5.99. The molecule has 0 atom stereocenters. The Balaban J connectivity index is 2.19. The molecule has 1 aliphatic rings. The molecule has 0 saturated carbocycles. The Labute approximate surface area is 95.0 Å². The normalized spacial score (nSPS) is 14.7. The Bertz CT molecular complexity index is 385. The summed E-state index contributed by atoms with van der Waals surface area (Å²) in [6, 6.07) is 5.63. The maximum atomic E-state index is 11.7. The van der Waals surface area contributed by atoms with Crippen LogP contribution in [0.15, 0.2) is 18.2 Å². The summed E-state index contributed by atoms with van der Waals surface area (Å²) in [5.74, 6) is 1.02. The number of ether oxygens (including phenoxy) is 1. The van der Waals surface area contributed by atoms with Crippen molar-refractivity contribution in [1.29, 1.82) is 0 Å². The van der Waals surface area contributed by atoms with E-state index in [0.717, 1.165) is 29.7 Å². The first kappa shape index (κ1) is 11.1. The Kier molecular flexibility index (Phi) is 3.57. The Morgan fingerprint density at radius 1 is 1.31 bits per heavy atom. The van der Waals surface area contributed by atoms with E-state index in [0.29, 0.717) is 19.4 Å². The van der Waals surface area contributed by atoms with Crippen molar-refractivity contribution in [3.63, 3.8) is 0 Å². The molecule has 0 heterocycles. The van der Waals surface area contributed by atoms with Gasteiger partial charge >= 0.3 is 0 Å². The van der Waals surface area contributed by atoms with E-state index in [1.165, 1.54) is 0 Å². The first-order chi connectivity index (χ1) is 7.83. The molecule has 1 aromatic rings. The number of aliphatic hydroxyl groups excluding tert-OH is 1. The molecule has 0 saturated heterocycles. The van der Waals surface area contributed by atoms with Crippen LogP contribution < -0.4 is 4.74 Å². The van der Waals surface area contributed by atoms with Crippen LogP contribution in [0.1, 0.15) is 35.2 Å². The van der Waals surface area contributed by atoms with E-state index >= 15 is 0 Å². The second-order valence-corrected chi connectivity index (χ2v) is 3.98. The second-order valence-electron chi connectivity index (χ2n) is 3.98. The largest absolute Gasteiger partial charge is 0.493 e. The zero-order chi connectivity index (χ0) is 11.4. The lowest BCUT2D eigenvalue weighted by Gasteiger charge is -2.18. The number of benzene rings is 1. The molecule has 3 heteroatoms. The van der Waals surface area contributed by atoms with E-state index in [1.54, 1.807) is 0 Å². The summed E-state index contributed by atoms with van der Waals surface area (Å²) in [5, 5.41) is 8.69. The van der Waals surface area contributed by atoms with Gasteiger partial charge in [0.15, 0.2) is 5.78 Å². The van der Waals surface area contributed by atoms with E-state index in [2.05, 4.69) is 0 Å². The molecule has 0 aliphatic heterocycles. The monoisotopic (exact) mass is 220 g/mol. The van der Waals surface area contributed by atoms with Crippen molar-refractivity contribution in [3.8, 4) is 5.75 Å². The highest BCUT2D eigenvalue weighted by Gasteiger charge is 2.19. The third-order valence-corrected chi connectivity index (χ3v) is 2.82. The summed E-state index contributed by atoms with van der Waals surface area (Å²) in [6.07, 6.45) is 3.09. The summed E-state index contributed by atoms with van der Waals surface area (Å²) in [5.41, 5.74) is 1.85. The van der Waals surface area contributed by atoms with Crippen LogP contribution in [0.3, 0.4) is 0 Å². The van der Waals surface area contributed by atoms with Crippen LogP contribution in [0.2, 0.25) is 0 Å². The van der Waals surface area contributed by atoms with Gasteiger partial charge in [-0.1, -0.05) is 12.1 Å². The Hall–Kier alpha value is -1.35. The van der Waals surface area contributed by atoms with Gasteiger partial charge in [-0.05, 0) is 18.9 Å². The van der Waals surface area contributed by atoms with Crippen LogP contribution >= 0.6 is 0 Å². The zero-order valence-electron chi connectivity index (χ0n) is 9.24. The number of carbonyl (C=O) groups excluding carboxylic acids is 1. The van der Waals surface area contributed by atoms with Crippen LogP contribution in [-0.4, -0.2) is 24.1 Å². The number of fused-ring (bicyclic) bond motifs is 1. The average Bonchev–Trinajstić information content (AvgIpc) is 2.31. The smallest absolute Gasteiger partial charge is 0.163 e. The molecule has 1 aliphatic carbocycles. The van der Waals surface area contributed by atoms with E-state index in [-0.39, 0.29) is 12.4 Å². The topological polar surface area (TPSA) is 46.5 Å². The van der Waals surface area contributed by atoms with Gasteiger partial charge in [-0.15, -0.1) is 0 Å². The molecular formula is C13H16O3. The SMILES string of the molecule is O=C1CCCc2c(OCCCO)cccc21. The lowest BCUT2D eigenvalue weighted by atomic mass is 9.90. The van der Waals surface area contributed by atoms with Crippen molar-refractivity contribution in [2.45, 2.75) is 25.7 Å². The average molecular weight is 220 g/mol. The van der Waals surface area contributed by atoms with E-state index in [9.17, 15) is 4.79 Å². The van der Waals surface area contributed by atoms with Gasteiger partial charge < -0.3 is 9.84 Å². The number of ketones is 1. The van der Waals surface area contributed by atoms with Crippen LogP contribution in [0.4, 0.5) is 0 Å². The first-order valence-corrected chi connectivity index (χ1v) is 5.71. The van der Waals surface area contributed by atoms with Crippen molar-refractivity contribution in [3.05, 3.63) is 29.3 Å². The number of carbonyl (C=O) groups is 1. The molecule has 1 N–H and O–H groups in total. The number of Topliss-reactive ketones (excluding diaryl/α,β-unsaturated/α-hetero) is 1. The van der Waals surface area contributed by atoms with Gasteiger partial charge in [0.2, 0.25) is 0 Å². The van der Waals surface area contributed by atoms with Gasteiger partial charge in [0.05, 0.1) is 6.61 Å². The molecule has 0 radical (unpaired) electrons. The molecule has 3 nitrogen and oxygen atoms in total. The predicted molar refractivity (Wildman–Crippen MR) is 60.9 cm³/mol. The molecule has 2 rings (SSSR count). The summed E-state index contributed by atoms with van der Waals surface area (Å²) in [6.45, 7) is 0.634. The molecule has 0 unspecified atom stereocenters.